The van der Waals surface area contributed by atoms with Gasteiger partial charge in [0.25, 0.3) is 0 Å². The van der Waals surface area contributed by atoms with E-state index in [1.54, 1.807) is 0 Å². The summed E-state index contributed by atoms with van der Waals surface area (Å²) in [6, 6.07) is 12.0. The van der Waals surface area contributed by atoms with Gasteiger partial charge < -0.3 is 16.9 Å². The smallest absolute Gasteiger partial charge is 0.104 e. The van der Waals surface area contributed by atoms with E-state index in [1.807, 2.05) is 0 Å². The van der Waals surface area contributed by atoms with Gasteiger partial charge in [-0.05, 0) is 25.7 Å². The minimum Gasteiger partial charge on any atom is -1.00 e. The molecule has 0 atom stereocenters. The maximum absolute atomic E-state index is 2.51. The first-order chi connectivity index (χ1) is 21.1. The van der Waals surface area contributed by atoms with Gasteiger partial charge in [0.05, 0.1) is 20.1 Å². The van der Waals surface area contributed by atoms with Crippen molar-refractivity contribution in [1.29, 1.82) is 0 Å². The van der Waals surface area contributed by atoms with E-state index < -0.39 is 0 Å². The van der Waals surface area contributed by atoms with Crippen LogP contribution in [0.2, 0.25) is 0 Å². The van der Waals surface area contributed by atoms with Crippen LogP contribution in [0, 0.1) is 0 Å². The van der Waals surface area contributed by atoms with E-state index in [-0.39, 0.29) is 12.4 Å². The normalized spacial score (nSPS) is 11.8. The zero-order chi connectivity index (χ0) is 31.1. The molecule has 0 saturated heterocycles. The van der Waals surface area contributed by atoms with Crippen LogP contribution in [-0.4, -0.2) is 24.6 Å². The van der Waals surface area contributed by atoms with Crippen molar-refractivity contribution in [1.82, 2.24) is 0 Å². The van der Waals surface area contributed by atoms with E-state index in [0.717, 1.165) is 10.5 Å². The maximum Gasteiger partial charge on any atom is 0.104 e. The molecule has 0 aliphatic rings. The summed E-state index contributed by atoms with van der Waals surface area (Å²) >= 11 is 0. The predicted octanol–water partition coefficient (Wildman–Crippen LogP) is 11.4. The molecule has 0 heterocycles. The summed E-state index contributed by atoms with van der Waals surface area (Å²) in [5.41, 5.74) is 1.50. The molecule has 0 aliphatic heterocycles. The first-order valence-electron chi connectivity index (χ1n) is 20.0. The van der Waals surface area contributed by atoms with Crippen LogP contribution in [0.15, 0.2) is 30.3 Å². The fourth-order valence-corrected chi connectivity index (χ4v) is 7.18. The Bertz CT molecular complexity index is 640. The van der Waals surface area contributed by atoms with Crippen molar-refractivity contribution in [2.24, 2.45) is 0 Å². The molecule has 0 saturated carbocycles. The lowest BCUT2D eigenvalue weighted by molar-refractivity contribution is -0.928. The summed E-state index contributed by atoms with van der Waals surface area (Å²) in [6.07, 6.45) is 43.5. The van der Waals surface area contributed by atoms with Crippen molar-refractivity contribution < 1.29 is 16.9 Å². The van der Waals surface area contributed by atoms with Crippen LogP contribution in [0.3, 0.4) is 0 Å². The predicted molar refractivity (Wildman–Crippen MR) is 196 cm³/mol. The Morgan fingerprint density at radius 3 is 0.977 bits per heavy atom. The number of quaternary nitrogens is 1. The van der Waals surface area contributed by atoms with Crippen LogP contribution >= 0.6 is 0 Å². The molecule has 0 aliphatic carbocycles. The fourth-order valence-electron chi connectivity index (χ4n) is 7.18. The highest BCUT2D eigenvalue weighted by molar-refractivity contribution is 5.13. The molecule has 2 heteroatoms. The van der Waals surface area contributed by atoms with Gasteiger partial charge in [0, 0.05) is 5.56 Å². The Kier molecular flexibility index (Phi) is 32.0. The molecule has 0 amide bonds. The second-order valence-corrected chi connectivity index (χ2v) is 14.8. The summed E-state index contributed by atoms with van der Waals surface area (Å²) in [6.45, 7) is 5.79. The van der Waals surface area contributed by atoms with Crippen LogP contribution < -0.4 is 12.4 Å². The van der Waals surface area contributed by atoms with Crippen molar-refractivity contribution in [3.8, 4) is 0 Å². The van der Waals surface area contributed by atoms with Crippen LogP contribution in [0.25, 0.3) is 0 Å². The Hall–Kier alpha value is -0.530. The van der Waals surface area contributed by atoms with Crippen molar-refractivity contribution in [2.75, 3.05) is 14.1 Å². The molecule has 44 heavy (non-hydrogen) atoms. The zero-order valence-electron chi connectivity index (χ0n) is 30.7. The molecule has 0 bridgehead atoms. The van der Waals surface area contributed by atoms with Crippen molar-refractivity contribution in [2.45, 2.75) is 219 Å². The lowest BCUT2D eigenvalue weighted by atomic mass is 9.96. The number of hydrogen-bond donors (Lipinski definition) is 0. The first kappa shape index (κ1) is 43.5. The Morgan fingerprint density at radius 2 is 0.682 bits per heavy atom. The topological polar surface area (TPSA) is 0 Å². The lowest BCUT2D eigenvalue weighted by Crippen LogP contribution is -3.00. The molecular weight excluding hydrogens is 554 g/mol. The van der Waals surface area contributed by atoms with Gasteiger partial charge in [0.2, 0.25) is 0 Å². The summed E-state index contributed by atoms with van der Waals surface area (Å²) in [7, 11) is 5.01. The molecule has 1 nitrogen and oxygen atoms in total. The molecule has 0 radical (unpaired) electrons. The Labute approximate surface area is 285 Å². The van der Waals surface area contributed by atoms with Gasteiger partial charge in [-0.3, -0.25) is 0 Å². The van der Waals surface area contributed by atoms with Crippen molar-refractivity contribution in [3.05, 3.63) is 35.9 Å². The van der Waals surface area contributed by atoms with E-state index in [2.05, 4.69) is 58.3 Å². The molecule has 0 unspecified atom stereocenters. The van der Waals surface area contributed by atoms with Gasteiger partial charge in [-0.25, -0.2) is 0 Å². The van der Waals surface area contributed by atoms with Crippen molar-refractivity contribution in [3.63, 3.8) is 0 Å². The second kappa shape index (κ2) is 32.4. The molecule has 0 N–H and O–H groups in total. The SMILES string of the molecule is CCCCCCCCCCCCCCCCC(CCCCCCCCCCCCCCCC)[N+](C)(C)Cc1ccccc1.[Cl-]. The molecule has 1 aromatic carbocycles. The largest absolute Gasteiger partial charge is 1.00 e. The molecule has 260 valence electrons. The summed E-state index contributed by atoms with van der Waals surface area (Å²) < 4.78 is 1.15. The maximum atomic E-state index is 2.51. The Balaban J connectivity index is 0.0000185. The Morgan fingerprint density at radius 1 is 0.409 bits per heavy atom. The van der Waals surface area contributed by atoms with E-state index in [4.69, 9.17) is 0 Å². The van der Waals surface area contributed by atoms with E-state index in [9.17, 15) is 0 Å². The average molecular weight is 635 g/mol. The molecule has 0 spiro atoms. The van der Waals surface area contributed by atoms with Gasteiger partial charge in [0.15, 0.2) is 0 Å². The standard InChI is InChI=1S/C42H80N.ClH/c1-5-7-9-11-13-15-17-19-21-23-25-27-29-34-38-42(43(3,4)40-41-36-32-31-33-37-41)39-35-30-28-26-24-22-20-18-16-14-12-10-8-6-2;/h31-33,36-37,42H,5-30,34-35,38-40H2,1-4H3;1H/q+1;/p-1. The molecule has 0 fully saturated rings. The zero-order valence-corrected chi connectivity index (χ0v) is 31.5. The number of benzene rings is 1. The summed E-state index contributed by atoms with van der Waals surface area (Å²) in [5, 5.41) is 0. The van der Waals surface area contributed by atoms with Gasteiger partial charge >= 0.3 is 0 Å². The van der Waals surface area contributed by atoms with E-state index >= 15 is 0 Å². The number of halogens is 1. The lowest BCUT2D eigenvalue weighted by Gasteiger charge is -2.39. The van der Waals surface area contributed by atoms with Crippen LogP contribution in [0.1, 0.15) is 212 Å². The second-order valence-electron chi connectivity index (χ2n) is 14.8. The van der Waals surface area contributed by atoms with E-state index in [0.29, 0.717) is 0 Å². The van der Waals surface area contributed by atoms with Gasteiger partial charge in [-0.2, -0.15) is 0 Å². The van der Waals surface area contributed by atoms with Crippen LogP contribution in [0.4, 0.5) is 0 Å². The molecule has 0 aromatic heterocycles. The number of hydrogen-bond acceptors (Lipinski definition) is 0. The first-order valence-corrected chi connectivity index (χ1v) is 20.0. The quantitative estimate of drug-likeness (QED) is 0.0533. The van der Waals surface area contributed by atoms with Gasteiger partial charge in [0.1, 0.15) is 6.54 Å². The minimum absolute atomic E-state index is 0. The van der Waals surface area contributed by atoms with Crippen LogP contribution in [-0.2, 0) is 6.54 Å². The number of unbranched alkanes of at least 4 members (excludes halogenated alkanes) is 26. The minimum atomic E-state index is 0. The highest BCUT2D eigenvalue weighted by atomic mass is 35.5. The fraction of sp³-hybridized carbons (Fsp3) is 0.857. The third-order valence-corrected chi connectivity index (χ3v) is 10.2. The molecule has 1 rings (SSSR count). The highest BCUT2D eigenvalue weighted by Gasteiger charge is 2.27. The third-order valence-electron chi connectivity index (χ3n) is 10.2. The highest BCUT2D eigenvalue weighted by Crippen LogP contribution is 2.25. The summed E-state index contributed by atoms with van der Waals surface area (Å²) in [4.78, 5) is 0. The number of nitrogens with zero attached hydrogens (tertiary/aromatic N) is 1. The van der Waals surface area contributed by atoms with Gasteiger partial charge in [-0.15, -0.1) is 0 Å². The average Bonchev–Trinajstić information content (AvgIpc) is 3.00. The third kappa shape index (κ3) is 26.7. The monoisotopic (exact) mass is 634 g/mol. The molecule has 1 aromatic rings. The van der Waals surface area contributed by atoms with Gasteiger partial charge in [-0.1, -0.05) is 211 Å². The van der Waals surface area contributed by atoms with Crippen LogP contribution in [0.5, 0.6) is 0 Å². The molecular formula is C42H80ClN. The van der Waals surface area contributed by atoms with Crippen molar-refractivity contribution >= 4 is 0 Å². The summed E-state index contributed by atoms with van der Waals surface area (Å²) in [5.74, 6) is 0. The van der Waals surface area contributed by atoms with E-state index in [1.165, 1.54) is 205 Å². The number of rotatable bonds is 33.